The molecule has 2 aliphatic heterocycles. The quantitative estimate of drug-likeness (QED) is 0.133. The number of ether oxygens (including phenoxy) is 1. The first-order chi connectivity index (χ1) is 23.6. The number of pyridine rings is 1. The first-order valence-electron chi connectivity index (χ1n) is 15.9. The predicted molar refractivity (Wildman–Crippen MR) is 197 cm³/mol. The van der Waals surface area contributed by atoms with Gasteiger partial charge in [-0.25, -0.2) is 0 Å². The molecule has 4 heterocycles. The average molecular weight is 706 g/mol. The van der Waals surface area contributed by atoms with E-state index in [-0.39, 0.29) is 32.8 Å². The molecule has 2 aliphatic rings. The Kier molecular flexibility index (Phi) is 16.4. The minimum Gasteiger partial charge on any atom is -0.494 e. The molecule has 2 aromatic heterocycles. The fourth-order valence-electron chi connectivity index (χ4n) is 4.12. The molecule has 0 spiro atoms. The number of thioether (sulfide) groups is 2. The zero-order valence-electron chi connectivity index (χ0n) is 28.4. The number of para-hydroxylation sites is 2. The predicted octanol–water partition coefficient (Wildman–Crippen LogP) is 7.35. The van der Waals surface area contributed by atoms with Crippen LogP contribution in [-0.4, -0.2) is 63.0 Å². The van der Waals surface area contributed by atoms with Crippen LogP contribution in [0, 0.1) is 6.92 Å². The van der Waals surface area contributed by atoms with Crippen LogP contribution < -0.4 is 20.3 Å². The highest BCUT2D eigenvalue weighted by atomic mass is 32.2. The number of amides is 4. The van der Waals surface area contributed by atoms with Gasteiger partial charge in [0.1, 0.15) is 11.3 Å². The molecular weight excluding hydrogens is 663 g/mol. The van der Waals surface area contributed by atoms with Crippen LogP contribution in [0.15, 0.2) is 89.5 Å². The van der Waals surface area contributed by atoms with E-state index in [4.69, 9.17) is 9.15 Å². The molecule has 2 atom stereocenters. The summed E-state index contributed by atoms with van der Waals surface area (Å²) in [5.41, 5.74) is 3.74. The highest BCUT2D eigenvalue weighted by Crippen LogP contribution is 2.24. The zero-order valence-corrected chi connectivity index (χ0v) is 30.0. The number of rotatable bonds is 9. The maximum atomic E-state index is 11.7. The lowest BCUT2D eigenvalue weighted by molar-refractivity contribution is -0.119. The van der Waals surface area contributed by atoms with E-state index in [0.717, 1.165) is 71.0 Å². The summed E-state index contributed by atoms with van der Waals surface area (Å²) < 4.78 is 11.6. The number of aromatic nitrogens is 2. The number of imide groups is 2. The summed E-state index contributed by atoms with van der Waals surface area (Å²) in [7, 11) is 1.97. The van der Waals surface area contributed by atoms with Crippen LogP contribution in [0.4, 0.5) is 15.6 Å². The van der Waals surface area contributed by atoms with Crippen molar-refractivity contribution in [3.8, 4) is 5.75 Å². The Morgan fingerprint density at radius 2 is 1.55 bits per heavy atom. The topological polar surface area (TPSA) is 144 Å². The van der Waals surface area contributed by atoms with E-state index in [0.29, 0.717) is 19.0 Å². The molecule has 2 aromatic carbocycles. The molecule has 260 valence electrons. The second kappa shape index (κ2) is 20.7. The van der Waals surface area contributed by atoms with Crippen molar-refractivity contribution in [3.63, 3.8) is 0 Å². The van der Waals surface area contributed by atoms with Gasteiger partial charge < -0.3 is 14.1 Å². The van der Waals surface area contributed by atoms with Crippen LogP contribution in [0.2, 0.25) is 0 Å². The van der Waals surface area contributed by atoms with Crippen molar-refractivity contribution in [1.82, 2.24) is 20.6 Å². The van der Waals surface area contributed by atoms with E-state index < -0.39 is 0 Å². The second-order valence-corrected chi connectivity index (χ2v) is 13.3. The number of hydrogen-bond acceptors (Lipinski definition) is 11. The van der Waals surface area contributed by atoms with Crippen LogP contribution in [0.3, 0.4) is 0 Å². The van der Waals surface area contributed by atoms with Gasteiger partial charge in [0.05, 0.1) is 17.1 Å². The molecule has 2 N–H and O–H groups in total. The monoisotopic (exact) mass is 705 g/mol. The summed E-state index contributed by atoms with van der Waals surface area (Å²) in [5.74, 6) is 0.402. The number of benzene rings is 2. The van der Waals surface area contributed by atoms with Crippen molar-refractivity contribution in [3.05, 3.63) is 96.3 Å². The van der Waals surface area contributed by atoms with E-state index in [1.54, 1.807) is 13.1 Å². The van der Waals surface area contributed by atoms with Crippen molar-refractivity contribution >= 4 is 62.9 Å². The molecule has 0 radical (unpaired) electrons. The van der Waals surface area contributed by atoms with Crippen LogP contribution >= 0.6 is 23.5 Å². The van der Waals surface area contributed by atoms with E-state index in [9.17, 15) is 19.2 Å². The van der Waals surface area contributed by atoms with Crippen LogP contribution in [0.25, 0.3) is 11.1 Å². The SMILES string of the molecule is C/C=C\C.CC1SC(=O)NC1=O.CN(CCCCOc1ccc(CC2SC(=O)NC2=O)cc1)c1nc2ccccc2o1.Cc1ccccn1. The number of carbonyl (C=O) groups excluding carboxylic acids is 4. The Labute approximate surface area is 295 Å². The van der Waals surface area contributed by atoms with Gasteiger partial charge in [-0.3, -0.25) is 34.8 Å². The van der Waals surface area contributed by atoms with Crippen LogP contribution in [0.5, 0.6) is 5.75 Å². The first kappa shape index (κ1) is 38.8. The van der Waals surface area contributed by atoms with Gasteiger partial charge in [0.25, 0.3) is 16.5 Å². The van der Waals surface area contributed by atoms with Crippen LogP contribution in [-0.2, 0) is 16.0 Å². The van der Waals surface area contributed by atoms with Crippen LogP contribution in [0.1, 0.15) is 44.9 Å². The summed E-state index contributed by atoms with van der Waals surface area (Å²) in [6.45, 7) is 9.12. The maximum absolute atomic E-state index is 11.7. The summed E-state index contributed by atoms with van der Waals surface area (Å²) in [6.07, 6.45) is 8.18. The molecule has 0 saturated carbocycles. The number of aryl methyl sites for hydroxylation is 1. The number of fused-ring (bicyclic) bond motifs is 1. The number of nitrogens with one attached hydrogen (secondary N) is 2. The van der Waals surface area contributed by atoms with Crippen molar-refractivity contribution < 1.29 is 28.3 Å². The summed E-state index contributed by atoms with van der Waals surface area (Å²) in [4.78, 5) is 54.1. The highest BCUT2D eigenvalue weighted by molar-refractivity contribution is 8.15. The molecule has 49 heavy (non-hydrogen) atoms. The van der Waals surface area contributed by atoms with Crippen molar-refractivity contribution in [1.29, 1.82) is 0 Å². The van der Waals surface area contributed by atoms with Gasteiger partial charge in [0, 0.05) is 25.5 Å². The summed E-state index contributed by atoms with van der Waals surface area (Å²) >= 11 is 2.08. The molecule has 4 amide bonds. The van der Waals surface area contributed by atoms with Gasteiger partial charge in [-0.1, -0.05) is 66.0 Å². The number of nitrogens with zero attached hydrogens (tertiary/aromatic N) is 3. The average Bonchev–Trinajstić information content (AvgIpc) is 3.76. The van der Waals surface area contributed by atoms with Crippen molar-refractivity contribution in [2.75, 3.05) is 25.1 Å². The van der Waals surface area contributed by atoms with Gasteiger partial charge in [0.2, 0.25) is 11.8 Å². The molecule has 0 aliphatic carbocycles. The largest absolute Gasteiger partial charge is 0.494 e. The normalized spacial score (nSPS) is 16.5. The molecule has 13 heteroatoms. The molecule has 11 nitrogen and oxygen atoms in total. The molecule has 0 bridgehead atoms. The maximum Gasteiger partial charge on any atom is 0.298 e. The smallest absolute Gasteiger partial charge is 0.298 e. The Balaban J connectivity index is 0.000000276. The lowest BCUT2D eigenvalue weighted by Crippen LogP contribution is -2.25. The Bertz CT molecular complexity index is 1640. The second-order valence-electron chi connectivity index (χ2n) is 10.8. The van der Waals surface area contributed by atoms with Gasteiger partial charge in [-0.05, 0) is 88.9 Å². The van der Waals surface area contributed by atoms with E-state index in [1.165, 1.54) is 0 Å². The Morgan fingerprint density at radius 1 is 0.878 bits per heavy atom. The van der Waals surface area contributed by atoms with E-state index in [1.807, 2.05) is 112 Å². The Morgan fingerprint density at radius 3 is 2.06 bits per heavy atom. The third-order valence-electron chi connectivity index (χ3n) is 6.90. The number of unbranched alkanes of at least 4 members (excludes halogenated alkanes) is 1. The molecule has 6 rings (SSSR count). The highest BCUT2D eigenvalue weighted by Gasteiger charge is 2.31. The van der Waals surface area contributed by atoms with E-state index >= 15 is 0 Å². The van der Waals surface area contributed by atoms with Crippen molar-refractivity contribution in [2.45, 2.75) is 57.5 Å². The third-order valence-corrected chi connectivity index (χ3v) is 8.77. The van der Waals surface area contributed by atoms with E-state index in [2.05, 4.69) is 20.6 Å². The minimum absolute atomic E-state index is 0.181. The molecule has 2 unspecified atom stereocenters. The number of carbonyl (C=O) groups is 4. The number of anilines is 1. The molecule has 4 aromatic rings. The standard InChI is InChI=1S/C22H23N3O4S.C6H7N.C4H5NO2S.C4H8/c1-25(21-23-17-6-2-3-7-18(17)29-21)12-4-5-13-28-16-10-8-15(9-11-16)14-19-20(26)24-22(27)30-19;1-6-4-2-3-5-7-6;1-2-3(6)5-4(7)8-2;1-3-4-2/h2-3,6-11,19H,4-5,12-14H2,1H3,(H,24,26,27);2-5H,1H3;2H,1H3,(H,5,6,7);3-4H,1-2H3/b;;;4-3-. The fraction of sp³-hybridized carbons (Fsp3) is 0.333. The third kappa shape index (κ3) is 13.8. The Hall–Kier alpha value is -4.62. The first-order valence-corrected chi connectivity index (χ1v) is 17.6. The molecule has 2 fully saturated rings. The van der Waals surface area contributed by atoms with Gasteiger partial charge in [-0.15, -0.1) is 0 Å². The lowest BCUT2D eigenvalue weighted by atomic mass is 10.1. The summed E-state index contributed by atoms with van der Waals surface area (Å²) in [5, 5.41) is 3.42. The van der Waals surface area contributed by atoms with Gasteiger partial charge in [-0.2, -0.15) is 4.98 Å². The number of oxazole rings is 1. The lowest BCUT2D eigenvalue weighted by Gasteiger charge is -2.14. The number of hydrogen-bond donors (Lipinski definition) is 2. The molecular formula is C36H43N5O6S2. The van der Waals surface area contributed by atoms with Gasteiger partial charge >= 0.3 is 0 Å². The molecule has 2 saturated heterocycles. The summed E-state index contributed by atoms with van der Waals surface area (Å²) in [6, 6.07) is 21.9. The fourth-order valence-corrected chi connectivity index (χ4v) is 5.62. The van der Waals surface area contributed by atoms with Gasteiger partial charge in [0.15, 0.2) is 5.58 Å². The number of allylic oxidation sites excluding steroid dienone is 2. The zero-order chi connectivity index (χ0) is 35.6. The van der Waals surface area contributed by atoms with Crippen molar-refractivity contribution in [2.24, 2.45) is 0 Å². The minimum atomic E-state index is -0.345.